The molecule has 2 aromatic carbocycles. The minimum absolute atomic E-state index is 0.0628. The summed E-state index contributed by atoms with van der Waals surface area (Å²) in [7, 11) is 0. The molecule has 0 bridgehead atoms. The molecule has 2 aromatic rings. The second-order valence-electron chi connectivity index (χ2n) is 4.72. The van der Waals surface area contributed by atoms with Crippen LogP contribution in [0.3, 0.4) is 0 Å². The predicted octanol–water partition coefficient (Wildman–Crippen LogP) is 4.27. The van der Waals surface area contributed by atoms with Crippen LogP contribution in [0.4, 0.5) is 11.4 Å². The molecule has 3 nitrogen and oxygen atoms in total. The van der Waals surface area contributed by atoms with E-state index in [1.165, 1.54) is 11.8 Å². The van der Waals surface area contributed by atoms with Gasteiger partial charge < -0.3 is 11.1 Å². The molecule has 110 valence electrons. The fourth-order valence-electron chi connectivity index (χ4n) is 1.86. The van der Waals surface area contributed by atoms with Gasteiger partial charge in [0.2, 0.25) is 5.91 Å². The summed E-state index contributed by atoms with van der Waals surface area (Å²) in [5, 5.41) is 3.53. The molecule has 0 fully saturated rings. The lowest BCUT2D eigenvalue weighted by Crippen LogP contribution is -2.15. The number of nitrogens with one attached hydrogen (secondary N) is 1. The summed E-state index contributed by atoms with van der Waals surface area (Å²) in [6.45, 7) is 3.84. The first-order valence-corrected chi connectivity index (χ1v) is 7.88. The summed E-state index contributed by atoms with van der Waals surface area (Å²) >= 11 is 7.51. The predicted molar refractivity (Wildman–Crippen MR) is 91.1 cm³/mol. The first-order valence-electron chi connectivity index (χ1n) is 6.52. The van der Waals surface area contributed by atoms with Gasteiger partial charge in [-0.05, 0) is 49.2 Å². The van der Waals surface area contributed by atoms with Gasteiger partial charge in [0.15, 0.2) is 0 Å². The third-order valence-electron chi connectivity index (χ3n) is 3.23. The van der Waals surface area contributed by atoms with Gasteiger partial charge in [-0.15, -0.1) is 11.8 Å². The number of carbonyl (C=O) groups excluding carboxylic acids is 1. The van der Waals surface area contributed by atoms with E-state index in [0.717, 1.165) is 27.4 Å². The van der Waals surface area contributed by atoms with E-state index in [0.29, 0.717) is 10.8 Å². The number of rotatable bonds is 4. The van der Waals surface area contributed by atoms with Crippen LogP contribution in [-0.2, 0) is 4.79 Å². The van der Waals surface area contributed by atoms with Crippen LogP contribution in [0, 0.1) is 13.8 Å². The molecule has 0 aliphatic carbocycles. The lowest BCUT2D eigenvalue weighted by molar-refractivity contribution is -0.113. The molecule has 21 heavy (non-hydrogen) atoms. The number of nitrogen functional groups attached to an aromatic ring is 1. The first-order chi connectivity index (χ1) is 9.99. The third kappa shape index (κ3) is 3.93. The second-order valence-corrected chi connectivity index (χ2v) is 6.14. The van der Waals surface area contributed by atoms with Crippen molar-refractivity contribution in [1.82, 2.24) is 0 Å². The maximum atomic E-state index is 12.0. The summed E-state index contributed by atoms with van der Waals surface area (Å²) in [5.41, 5.74) is 9.23. The van der Waals surface area contributed by atoms with Crippen LogP contribution < -0.4 is 11.1 Å². The van der Waals surface area contributed by atoms with Crippen LogP contribution in [0.25, 0.3) is 0 Å². The summed E-state index contributed by atoms with van der Waals surface area (Å²) in [6.07, 6.45) is 0. The SMILES string of the molecule is Cc1c(Cl)cccc1NC(=O)CSc1cccc(N)c1C. The Kier molecular flexibility index (Phi) is 5.15. The van der Waals surface area contributed by atoms with Crippen molar-refractivity contribution < 1.29 is 4.79 Å². The summed E-state index contributed by atoms with van der Waals surface area (Å²) in [4.78, 5) is 13.1. The van der Waals surface area contributed by atoms with E-state index in [2.05, 4.69) is 5.32 Å². The van der Waals surface area contributed by atoms with E-state index >= 15 is 0 Å². The number of nitrogens with two attached hydrogens (primary N) is 1. The number of benzene rings is 2. The molecule has 0 aliphatic rings. The number of halogens is 1. The first kappa shape index (κ1) is 15.7. The summed E-state index contributed by atoms with van der Waals surface area (Å²) in [6, 6.07) is 11.2. The number of carbonyl (C=O) groups is 1. The molecule has 1 amide bonds. The molecular formula is C16H17ClN2OS. The van der Waals surface area contributed by atoms with Crippen LogP contribution in [0.1, 0.15) is 11.1 Å². The Bertz CT molecular complexity index is 673. The quantitative estimate of drug-likeness (QED) is 0.653. The molecule has 3 N–H and O–H groups in total. The van der Waals surface area contributed by atoms with Crippen LogP contribution in [0.5, 0.6) is 0 Å². The average molecular weight is 321 g/mol. The largest absolute Gasteiger partial charge is 0.398 e. The highest BCUT2D eigenvalue weighted by atomic mass is 35.5. The summed E-state index contributed by atoms with van der Waals surface area (Å²) in [5.74, 6) is 0.267. The fourth-order valence-corrected chi connectivity index (χ4v) is 2.90. The Hall–Kier alpha value is -1.65. The molecule has 0 saturated heterocycles. The normalized spacial score (nSPS) is 10.4. The standard InChI is InChI=1S/C16H17ClN2OS/c1-10-12(17)5-3-7-14(10)19-16(20)9-21-15-8-4-6-13(18)11(15)2/h3-8H,9,18H2,1-2H3,(H,19,20). The van der Waals surface area contributed by atoms with Crippen molar-refractivity contribution in [2.24, 2.45) is 0 Å². The Morgan fingerprint density at radius 2 is 1.90 bits per heavy atom. The fraction of sp³-hybridized carbons (Fsp3) is 0.188. The molecule has 0 saturated carbocycles. The van der Waals surface area contributed by atoms with E-state index in [9.17, 15) is 4.79 Å². The van der Waals surface area contributed by atoms with Gasteiger partial charge in [0.05, 0.1) is 5.75 Å². The van der Waals surface area contributed by atoms with Crippen molar-refractivity contribution in [1.29, 1.82) is 0 Å². The van der Waals surface area contributed by atoms with E-state index < -0.39 is 0 Å². The lowest BCUT2D eigenvalue weighted by Gasteiger charge is -2.10. The minimum Gasteiger partial charge on any atom is -0.398 e. The number of thioether (sulfide) groups is 1. The average Bonchev–Trinajstić information content (AvgIpc) is 2.45. The summed E-state index contributed by atoms with van der Waals surface area (Å²) < 4.78 is 0. The molecule has 0 aliphatic heterocycles. The van der Waals surface area contributed by atoms with Gasteiger partial charge in [0.25, 0.3) is 0 Å². The Balaban J connectivity index is 1.99. The zero-order valence-corrected chi connectivity index (χ0v) is 13.5. The monoisotopic (exact) mass is 320 g/mol. The number of amides is 1. The van der Waals surface area contributed by atoms with Gasteiger partial charge in [0.1, 0.15) is 0 Å². The highest BCUT2D eigenvalue weighted by Gasteiger charge is 2.09. The van der Waals surface area contributed by atoms with Gasteiger partial charge in [-0.2, -0.15) is 0 Å². The Morgan fingerprint density at radius 1 is 1.19 bits per heavy atom. The number of hydrogen-bond donors (Lipinski definition) is 2. The van der Waals surface area contributed by atoms with Gasteiger partial charge >= 0.3 is 0 Å². The maximum Gasteiger partial charge on any atom is 0.234 e. The number of hydrogen-bond acceptors (Lipinski definition) is 3. The molecule has 0 atom stereocenters. The van der Waals surface area contributed by atoms with Gasteiger partial charge in [-0.3, -0.25) is 4.79 Å². The Morgan fingerprint density at radius 3 is 2.67 bits per heavy atom. The molecule has 5 heteroatoms. The zero-order chi connectivity index (χ0) is 15.4. The second kappa shape index (κ2) is 6.87. The smallest absolute Gasteiger partial charge is 0.234 e. The van der Waals surface area contributed by atoms with E-state index in [1.54, 1.807) is 6.07 Å². The van der Waals surface area contributed by atoms with Crippen LogP contribution in [0.2, 0.25) is 5.02 Å². The van der Waals surface area contributed by atoms with Gasteiger partial charge in [-0.25, -0.2) is 0 Å². The van der Waals surface area contributed by atoms with E-state index in [4.69, 9.17) is 17.3 Å². The van der Waals surface area contributed by atoms with Crippen LogP contribution in [0.15, 0.2) is 41.3 Å². The van der Waals surface area contributed by atoms with Crippen LogP contribution >= 0.6 is 23.4 Å². The maximum absolute atomic E-state index is 12.0. The molecule has 0 unspecified atom stereocenters. The van der Waals surface area contributed by atoms with E-state index in [1.807, 2.05) is 44.2 Å². The minimum atomic E-state index is -0.0628. The van der Waals surface area contributed by atoms with Crippen LogP contribution in [-0.4, -0.2) is 11.7 Å². The van der Waals surface area contributed by atoms with Gasteiger partial charge in [0, 0.05) is 21.3 Å². The highest BCUT2D eigenvalue weighted by Crippen LogP contribution is 2.27. The van der Waals surface area contributed by atoms with Crippen molar-refractivity contribution in [3.8, 4) is 0 Å². The molecular weight excluding hydrogens is 304 g/mol. The van der Waals surface area contributed by atoms with Crippen molar-refractivity contribution >= 4 is 40.6 Å². The molecule has 0 aromatic heterocycles. The topological polar surface area (TPSA) is 55.1 Å². The van der Waals surface area contributed by atoms with Crippen molar-refractivity contribution in [3.63, 3.8) is 0 Å². The number of anilines is 2. The molecule has 0 heterocycles. The van der Waals surface area contributed by atoms with Crippen molar-refractivity contribution in [2.45, 2.75) is 18.7 Å². The van der Waals surface area contributed by atoms with Crippen molar-refractivity contribution in [3.05, 3.63) is 52.5 Å². The molecule has 0 radical (unpaired) electrons. The Labute approximate surface area is 133 Å². The third-order valence-corrected chi connectivity index (χ3v) is 4.80. The highest BCUT2D eigenvalue weighted by molar-refractivity contribution is 8.00. The lowest BCUT2D eigenvalue weighted by atomic mass is 10.2. The zero-order valence-electron chi connectivity index (χ0n) is 11.9. The van der Waals surface area contributed by atoms with Crippen molar-refractivity contribution in [2.75, 3.05) is 16.8 Å². The van der Waals surface area contributed by atoms with E-state index in [-0.39, 0.29) is 5.91 Å². The molecule has 0 spiro atoms. The molecule has 2 rings (SSSR count). The van der Waals surface area contributed by atoms with Gasteiger partial charge in [-0.1, -0.05) is 23.7 Å².